The van der Waals surface area contributed by atoms with Gasteiger partial charge in [0, 0.05) is 17.7 Å². The van der Waals surface area contributed by atoms with Crippen LogP contribution in [0.15, 0.2) is 35.3 Å². The Hall–Kier alpha value is -1.89. The highest BCUT2D eigenvalue weighted by molar-refractivity contribution is 6.25. The summed E-state index contributed by atoms with van der Waals surface area (Å²) in [5, 5.41) is 0. The number of hydrogen-bond donors (Lipinski definition) is 0. The summed E-state index contributed by atoms with van der Waals surface area (Å²) in [6, 6.07) is 11.2. The monoisotopic (exact) mass is 323 g/mol. The van der Waals surface area contributed by atoms with Gasteiger partial charge < -0.3 is 0 Å². The van der Waals surface area contributed by atoms with Gasteiger partial charge in [-0.05, 0) is 48.6 Å². The van der Waals surface area contributed by atoms with Crippen molar-refractivity contribution in [2.75, 3.05) is 6.54 Å². The summed E-state index contributed by atoms with van der Waals surface area (Å²) in [5.74, 6) is 0. The van der Waals surface area contributed by atoms with Crippen LogP contribution in [-0.4, -0.2) is 12.3 Å². The summed E-state index contributed by atoms with van der Waals surface area (Å²) in [6.45, 7) is 17.3. The highest BCUT2D eigenvalue weighted by atomic mass is 14.8. The number of nitrogens with zero attached hydrogens (tertiary/aromatic N) is 1. The van der Waals surface area contributed by atoms with Gasteiger partial charge in [-0.25, -0.2) is 0 Å². The van der Waals surface area contributed by atoms with Crippen LogP contribution in [0.4, 0.5) is 0 Å². The van der Waals surface area contributed by atoms with Crippen LogP contribution in [0.25, 0.3) is 11.1 Å². The molecule has 0 bridgehead atoms. The Morgan fingerprint density at radius 2 is 1.38 bits per heavy atom. The SMILES string of the molecule is CC.CC.CC.Cc1ccc2c(c1)C1=NCCc3c(C)ccc-2c31. The van der Waals surface area contributed by atoms with E-state index in [-0.39, 0.29) is 0 Å². The predicted octanol–water partition coefficient (Wildman–Crippen LogP) is 6.76. The van der Waals surface area contributed by atoms with Crippen molar-refractivity contribution in [1.29, 1.82) is 0 Å². The quantitative estimate of drug-likeness (QED) is 0.433. The molecule has 0 aromatic heterocycles. The number of aliphatic imine (C=N–C) groups is 1. The maximum Gasteiger partial charge on any atom is 0.0734 e. The van der Waals surface area contributed by atoms with E-state index in [1.807, 2.05) is 41.5 Å². The number of aryl methyl sites for hydroxylation is 2. The Morgan fingerprint density at radius 3 is 2.04 bits per heavy atom. The van der Waals surface area contributed by atoms with E-state index in [1.54, 1.807) is 0 Å². The number of rotatable bonds is 0. The second-order valence-corrected chi connectivity index (χ2v) is 5.31. The van der Waals surface area contributed by atoms with Gasteiger partial charge in [0.15, 0.2) is 0 Å². The van der Waals surface area contributed by atoms with Crippen LogP contribution < -0.4 is 0 Å². The largest absolute Gasteiger partial charge is 0.284 e. The standard InChI is InChI=1S/C17H15N.3C2H6/c1-10-3-5-13-14-6-4-11(2)12-7-8-18-17(16(12)14)15(13)9-10;3*1-2/h3-6,9H,7-8H2,1-2H3;3*1-2H3. The van der Waals surface area contributed by atoms with Crippen molar-refractivity contribution in [3.05, 3.63) is 58.1 Å². The van der Waals surface area contributed by atoms with Crippen molar-refractivity contribution in [1.82, 2.24) is 0 Å². The molecule has 2 aliphatic rings. The van der Waals surface area contributed by atoms with Gasteiger partial charge in [0.25, 0.3) is 0 Å². The van der Waals surface area contributed by atoms with Crippen LogP contribution in [0, 0.1) is 13.8 Å². The molecule has 1 aliphatic carbocycles. The van der Waals surface area contributed by atoms with Gasteiger partial charge in [0.05, 0.1) is 5.71 Å². The third kappa shape index (κ3) is 3.45. The first-order chi connectivity index (χ1) is 11.8. The lowest BCUT2D eigenvalue weighted by Crippen LogP contribution is -2.12. The molecular weight excluding hydrogens is 290 g/mol. The zero-order chi connectivity index (χ0) is 18.3. The zero-order valence-electron chi connectivity index (χ0n) is 16.7. The van der Waals surface area contributed by atoms with E-state index in [2.05, 4.69) is 44.2 Å². The molecule has 0 saturated heterocycles. The molecule has 4 rings (SSSR count). The summed E-state index contributed by atoms with van der Waals surface area (Å²) in [7, 11) is 0. The predicted molar refractivity (Wildman–Crippen MR) is 110 cm³/mol. The van der Waals surface area contributed by atoms with Crippen molar-refractivity contribution < 1.29 is 0 Å². The highest BCUT2D eigenvalue weighted by Gasteiger charge is 2.29. The molecule has 130 valence electrons. The molecule has 2 aromatic carbocycles. The van der Waals surface area contributed by atoms with Crippen molar-refractivity contribution in [2.45, 2.75) is 61.8 Å². The van der Waals surface area contributed by atoms with Gasteiger partial charge >= 0.3 is 0 Å². The van der Waals surface area contributed by atoms with Crippen molar-refractivity contribution in [2.24, 2.45) is 4.99 Å². The molecular formula is C23H33N. The molecule has 1 nitrogen and oxygen atoms in total. The molecule has 0 saturated carbocycles. The van der Waals surface area contributed by atoms with Crippen LogP contribution in [0.5, 0.6) is 0 Å². The maximum atomic E-state index is 4.78. The van der Waals surface area contributed by atoms with Crippen LogP contribution >= 0.6 is 0 Å². The first-order valence-corrected chi connectivity index (χ1v) is 9.54. The Morgan fingerprint density at radius 1 is 0.750 bits per heavy atom. The minimum Gasteiger partial charge on any atom is -0.284 e. The van der Waals surface area contributed by atoms with Crippen LogP contribution in [-0.2, 0) is 6.42 Å². The molecule has 0 atom stereocenters. The lowest BCUT2D eigenvalue weighted by molar-refractivity contribution is 0.937. The van der Waals surface area contributed by atoms with Crippen LogP contribution in [0.2, 0.25) is 0 Å². The van der Waals surface area contributed by atoms with Gasteiger partial charge in [0.2, 0.25) is 0 Å². The zero-order valence-corrected chi connectivity index (χ0v) is 16.7. The fraction of sp³-hybridized carbons (Fsp3) is 0.435. The van der Waals surface area contributed by atoms with Crippen molar-refractivity contribution >= 4 is 5.71 Å². The van der Waals surface area contributed by atoms with E-state index in [9.17, 15) is 0 Å². The number of hydrogen-bond acceptors (Lipinski definition) is 1. The van der Waals surface area contributed by atoms with E-state index in [0.717, 1.165) is 13.0 Å². The van der Waals surface area contributed by atoms with Crippen LogP contribution in [0.1, 0.15) is 69.4 Å². The summed E-state index contributed by atoms with van der Waals surface area (Å²) in [6.07, 6.45) is 1.09. The molecule has 2 aromatic rings. The van der Waals surface area contributed by atoms with E-state index in [1.165, 1.54) is 44.7 Å². The van der Waals surface area contributed by atoms with E-state index in [0.29, 0.717) is 0 Å². The van der Waals surface area contributed by atoms with E-state index in [4.69, 9.17) is 4.99 Å². The molecule has 1 heteroatoms. The number of fused-ring (bicyclic) bond motifs is 3. The van der Waals surface area contributed by atoms with Gasteiger partial charge in [-0.2, -0.15) is 0 Å². The molecule has 0 radical (unpaired) electrons. The molecule has 1 heterocycles. The van der Waals surface area contributed by atoms with Crippen molar-refractivity contribution in [3.8, 4) is 11.1 Å². The Kier molecular flexibility index (Phi) is 7.91. The second-order valence-electron chi connectivity index (χ2n) is 5.31. The van der Waals surface area contributed by atoms with Gasteiger partial charge in [-0.15, -0.1) is 0 Å². The fourth-order valence-electron chi connectivity index (χ4n) is 3.24. The smallest absolute Gasteiger partial charge is 0.0734 e. The minimum atomic E-state index is 0.931. The minimum absolute atomic E-state index is 0.931. The average Bonchev–Trinajstić information content (AvgIpc) is 2.98. The Labute approximate surface area is 148 Å². The average molecular weight is 324 g/mol. The van der Waals surface area contributed by atoms with E-state index < -0.39 is 0 Å². The van der Waals surface area contributed by atoms with Crippen molar-refractivity contribution in [3.63, 3.8) is 0 Å². The fourth-order valence-corrected chi connectivity index (χ4v) is 3.24. The molecule has 1 aliphatic heterocycles. The molecule has 24 heavy (non-hydrogen) atoms. The first-order valence-electron chi connectivity index (χ1n) is 9.54. The lowest BCUT2D eigenvalue weighted by Gasteiger charge is -2.16. The molecule has 0 unspecified atom stereocenters. The van der Waals surface area contributed by atoms with Crippen LogP contribution in [0.3, 0.4) is 0 Å². The molecule has 0 fully saturated rings. The lowest BCUT2D eigenvalue weighted by atomic mass is 9.92. The third-order valence-electron chi connectivity index (χ3n) is 4.14. The van der Waals surface area contributed by atoms with Gasteiger partial charge in [-0.1, -0.05) is 71.4 Å². The normalized spacial score (nSPS) is 12.1. The summed E-state index contributed by atoms with van der Waals surface area (Å²) in [5.41, 5.74) is 10.9. The molecule has 0 amide bonds. The summed E-state index contributed by atoms with van der Waals surface area (Å²) >= 11 is 0. The molecule has 0 N–H and O–H groups in total. The topological polar surface area (TPSA) is 12.4 Å². The van der Waals surface area contributed by atoms with Gasteiger partial charge in [0.1, 0.15) is 0 Å². The number of benzene rings is 2. The summed E-state index contributed by atoms with van der Waals surface area (Å²) in [4.78, 5) is 4.78. The third-order valence-corrected chi connectivity index (χ3v) is 4.14. The molecule has 0 spiro atoms. The Bertz CT molecular complexity index is 708. The van der Waals surface area contributed by atoms with Gasteiger partial charge in [-0.3, -0.25) is 4.99 Å². The highest BCUT2D eigenvalue weighted by Crippen LogP contribution is 2.41. The second kappa shape index (κ2) is 9.42. The Balaban J connectivity index is 0.000000436. The van der Waals surface area contributed by atoms with E-state index >= 15 is 0 Å². The maximum absolute atomic E-state index is 4.78. The summed E-state index contributed by atoms with van der Waals surface area (Å²) < 4.78 is 0. The first kappa shape index (κ1) is 20.2.